The summed E-state index contributed by atoms with van der Waals surface area (Å²) in [4.78, 5) is 36.5. The number of nitrogens with one attached hydrogen (secondary N) is 2. The number of anilines is 4. The fourth-order valence-electron chi connectivity index (χ4n) is 7.88. The summed E-state index contributed by atoms with van der Waals surface area (Å²) in [5, 5.41) is 44.0. The van der Waals surface area contributed by atoms with Gasteiger partial charge < -0.3 is 47.3 Å². The Labute approximate surface area is 399 Å². The minimum Gasteiger partial charge on any atom is -1.00 e. The molecule has 2 aromatic heterocycles. The number of ether oxygens (including phenoxy) is 1. The van der Waals surface area contributed by atoms with Crippen molar-refractivity contribution in [1.82, 2.24) is 19.6 Å². The summed E-state index contributed by atoms with van der Waals surface area (Å²) < 4.78 is 25.8. The number of nitrogens with two attached hydrogens (primary N) is 2. The van der Waals surface area contributed by atoms with Gasteiger partial charge in [0.1, 0.15) is 11.1 Å². The fraction of sp³-hybridized carbons (Fsp3) is 0.452. The molecule has 3 heterocycles. The molecular weight excluding hydrogens is 828 g/mol. The molecule has 1 saturated heterocycles. The van der Waals surface area contributed by atoms with E-state index in [0.29, 0.717) is 40.3 Å². The third kappa shape index (κ3) is 11.2. The molecule has 7 N–H and O–H groups in total. The SMILES string of the molecule is CCOB(O)c1cccc(Nc2nn(C3CCC[C@@H]3C#N)cc2C(N)=O)c1.COC(=O)c1ccc(Nc2nn(C3CCC[C@@H]3C#N)cc2C(N)=O)cc1B1OC(C)(C)C(C)(C)O1.[B].[H-].[Na+]. The van der Waals surface area contributed by atoms with E-state index < -0.39 is 43.2 Å². The van der Waals surface area contributed by atoms with Gasteiger partial charge in [-0.2, -0.15) is 20.7 Å². The van der Waals surface area contributed by atoms with Crippen LogP contribution >= 0.6 is 0 Å². The van der Waals surface area contributed by atoms with Gasteiger partial charge in [0.05, 0.1) is 59.9 Å². The molecule has 64 heavy (non-hydrogen) atoms. The first-order valence-electron chi connectivity index (χ1n) is 20.6. The Morgan fingerprint density at radius 1 is 0.875 bits per heavy atom. The maximum Gasteiger partial charge on any atom is 1.00 e. The van der Waals surface area contributed by atoms with Crippen LogP contribution in [0, 0.1) is 34.5 Å². The molecule has 7 rings (SSSR count). The van der Waals surface area contributed by atoms with Crippen LogP contribution in [0.2, 0.25) is 0 Å². The van der Waals surface area contributed by atoms with Crippen LogP contribution in [0.1, 0.15) is 118 Å². The first-order chi connectivity index (χ1) is 29.5. The molecule has 22 heteroatoms. The summed E-state index contributed by atoms with van der Waals surface area (Å²) in [5.74, 6) is -1.45. The van der Waals surface area contributed by atoms with Crippen LogP contribution < -0.4 is 62.6 Å². The average Bonchev–Trinajstić information content (AvgIpc) is 4.08. The van der Waals surface area contributed by atoms with Gasteiger partial charge in [0.25, 0.3) is 11.8 Å². The predicted molar refractivity (Wildman–Crippen MR) is 238 cm³/mol. The van der Waals surface area contributed by atoms with Crippen molar-refractivity contribution in [3.63, 3.8) is 0 Å². The quantitative estimate of drug-likeness (QED) is 0.0916. The third-order valence-corrected chi connectivity index (χ3v) is 12.0. The number of hydrogen-bond acceptors (Lipinski definition) is 14. The van der Waals surface area contributed by atoms with Crippen LogP contribution in [0.25, 0.3) is 0 Å². The van der Waals surface area contributed by atoms with E-state index in [1.54, 1.807) is 71.1 Å². The Bertz CT molecular complexity index is 2390. The van der Waals surface area contributed by atoms with E-state index in [9.17, 15) is 29.9 Å². The topological polar surface area (TPSA) is 268 Å². The molecule has 2 aromatic carbocycles. The standard InChI is InChI=1S/C24H30BN5O5.C18H22BN5O3.B.Na.H/c1-23(2)24(3,4)35-25(34-23)18-11-15(9-10-16(18)22(32)33-5)28-21-17(20(27)31)13-30(29-21)19-8-6-7-14(19)12-26;1-2-27-19(26)13-6-4-7-14(9-13)22-18-15(17(21)25)11-24(23-18)16-8-3-5-12(16)10-20;;;/h9-11,13-14,19H,6-8H2,1-5H3,(H2,27,31)(H,28,29);4,6-7,9,11-12,16,26H,2-3,5,8H2,1H3,(H2,21,25)(H,22,23);;;/q;;;+1;-1/t14-,19?;12-,16?;;;/m11.../s1. The minimum absolute atomic E-state index is 0. The number of amides is 2. The Hall–Kier alpha value is -5.12. The van der Waals surface area contributed by atoms with E-state index in [2.05, 4.69) is 33.0 Å². The largest absolute Gasteiger partial charge is 1.00 e. The van der Waals surface area contributed by atoms with Crippen molar-refractivity contribution in [2.24, 2.45) is 23.3 Å². The molecule has 2 aliphatic carbocycles. The van der Waals surface area contributed by atoms with E-state index in [1.165, 1.54) is 7.11 Å². The second-order valence-corrected chi connectivity index (χ2v) is 16.5. The van der Waals surface area contributed by atoms with Gasteiger partial charge in [-0.05, 0) is 114 Å². The number of nitrogens with zero attached hydrogens (tertiary/aromatic N) is 6. The molecule has 4 atom stereocenters. The van der Waals surface area contributed by atoms with Crippen LogP contribution in [-0.2, 0) is 18.7 Å². The Kier molecular flexibility index (Phi) is 17.5. The second kappa shape index (κ2) is 21.7. The number of carbonyl (C=O) groups is 3. The number of aromatic nitrogens is 4. The van der Waals surface area contributed by atoms with Gasteiger partial charge in [-0.1, -0.05) is 12.1 Å². The molecule has 2 unspecified atom stereocenters. The monoisotopic (exact) mass is 881 g/mol. The number of methoxy groups -OCH3 is 1. The van der Waals surface area contributed by atoms with Crippen LogP contribution in [0.4, 0.5) is 23.0 Å². The molecule has 1 aliphatic heterocycles. The van der Waals surface area contributed by atoms with Gasteiger partial charge in [-0.15, -0.1) is 0 Å². The Morgan fingerprint density at radius 3 is 1.83 bits per heavy atom. The normalized spacial score (nSPS) is 20.3. The number of primary amides is 2. The van der Waals surface area contributed by atoms with E-state index in [1.807, 2.05) is 27.7 Å². The molecule has 0 spiro atoms. The van der Waals surface area contributed by atoms with Gasteiger partial charge in [0.2, 0.25) is 0 Å². The van der Waals surface area contributed by atoms with Crippen molar-refractivity contribution in [2.45, 2.75) is 96.4 Å². The van der Waals surface area contributed by atoms with Crippen molar-refractivity contribution >= 4 is 74.4 Å². The summed E-state index contributed by atoms with van der Waals surface area (Å²) in [6.07, 6.45) is 8.33. The molecule has 2 amide bonds. The van der Waals surface area contributed by atoms with Crippen molar-refractivity contribution in [3.05, 3.63) is 71.5 Å². The number of nitriles is 2. The van der Waals surface area contributed by atoms with E-state index in [0.717, 1.165) is 38.5 Å². The average molecular weight is 881 g/mol. The number of benzene rings is 2. The van der Waals surface area contributed by atoms with Crippen molar-refractivity contribution in [3.8, 4) is 12.1 Å². The zero-order valence-corrected chi connectivity index (χ0v) is 39.3. The molecule has 4 aromatic rings. The Balaban J connectivity index is 0.000000340. The molecule has 18 nitrogen and oxygen atoms in total. The number of carbonyl (C=O) groups excluding carboxylic acids is 3. The summed E-state index contributed by atoms with van der Waals surface area (Å²) in [7, 11) is -0.523. The smallest absolute Gasteiger partial charge is 1.00 e. The minimum atomic E-state index is -1.03. The fourth-order valence-corrected chi connectivity index (χ4v) is 7.88. The van der Waals surface area contributed by atoms with E-state index >= 15 is 0 Å². The molecule has 3 fully saturated rings. The van der Waals surface area contributed by atoms with Crippen LogP contribution in [0.3, 0.4) is 0 Å². The van der Waals surface area contributed by atoms with Crippen LogP contribution in [0.5, 0.6) is 0 Å². The molecule has 3 radical (unpaired) electrons. The van der Waals surface area contributed by atoms with Crippen molar-refractivity contribution in [2.75, 3.05) is 24.4 Å². The maximum absolute atomic E-state index is 12.5. The van der Waals surface area contributed by atoms with Gasteiger partial charge in [-0.25, -0.2) is 4.79 Å². The van der Waals surface area contributed by atoms with Crippen LogP contribution in [0.15, 0.2) is 54.9 Å². The molecular formula is C42H53B3N10NaO8. The zero-order valence-electron chi connectivity index (χ0n) is 38.3. The Morgan fingerprint density at radius 2 is 1.38 bits per heavy atom. The molecule has 2 saturated carbocycles. The van der Waals surface area contributed by atoms with E-state index in [-0.39, 0.29) is 80.3 Å². The van der Waals surface area contributed by atoms with Gasteiger partial charge >= 0.3 is 49.8 Å². The maximum atomic E-state index is 12.5. The summed E-state index contributed by atoms with van der Waals surface area (Å²) >= 11 is 0. The zero-order chi connectivity index (χ0) is 44.9. The van der Waals surface area contributed by atoms with Crippen molar-refractivity contribution < 1.29 is 69.1 Å². The number of esters is 1. The number of hydrogen-bond donors (Lipinski definition) is 5. The first kappa shape index (κ1) is 51.5. The first-order valence-corrected chi connectivity index (χ1v) is 20.6. The number of rotatable bonds is 13. The summed E-state index contributed by atoms with van der Waals surface area (Å²) in [6.45, 7) is 9.89. The summed E-state index contributed by atoms with van der Waals surface area (Å²) in [6, 6.07) is 16.5. The summed E-state index contributed by atoms with van der Waals surface area (Å²) in [5.41, 5.74) is 13.0. The van der Waals surface area contributed by atoms with Crippen LogP contribution in [-0.4, -0.2) is 89.9 Å². The predicted octanol–water partition coefficient (Wildman–Crippen LogP) is 0.726. The molecule has 3 aliphatic rings. The van der Waals surface area contributed by atoms with Gasteiger partial charge in [0, 0.05) is 38.8 Å². The second-order valence-electron chi connectivity index (χ2n) is 16.5. The molecule has 329 valence electrons. The van der Waals surface area contributed by atoms with E-state index in [4.69, 9.17) is 30.2 Å². The third-order valence-electron chi connectivity index (χ3n) is 12.0. The molecule has 0 bridgehead atoms. The van der Waals surface area contributed by atoms with Gasteiger partial charge in [0.15, 0.2) is 11.6 Å². The van der Waals surface area contributed by atoms with Crippen molar-refractivity contribution in [1.29, 1.82) is 10.5 Å². The van der Waals surface area contributed by atoms with Gasteiger partial charge in [-0.3, -0.25) is 19.0 Å².